The number of amides is 1. The van der Waals surface area contributed by atoms with Gasteiger partial charge in [0.2, 0.25) is 0 Å². The molecule has 0 radical (unpaired) electrons. The van der Waals surface area contributed by atoms with E-state index in [1.165, 1.54) is 24.3 Å². The Balaban J connectivity index is 1.60. The molecule has 0 fully saturated rings. The Morgan fingerprint density at radius 1 is 0.909 bits per heavy atom. The van der Waals surface area contributed by atoms with Gasteiger partial charge in [0.15, 0.2) is 0 Å². The van der Waals surface area contributed by atoms with Crippen LogP contribution in [-0.4, -0.2) is 38.0 Å². The summed E-state index contributed by atoms with van der Waals surface area (Å²) >= 11 is 0.00717. The van der Waals surface area contributed by atoms with E-state index in [4.69, 9.17) is 9.47 Å². The molecule has 0 aromatic heterocycles. The van der Waals surface area contributed by atoms with E-state index in [1.54, 1.807) is 0 Å². The number of hydrogen-bond donors (Lipinski definition) is 1. The number of hydrogen-bond acceptors (Lipinski definition) is 6. The Labute approximate surface area is 197 Å². The Hall–Kier alpha value is -3.68. The number of carbonyl (C=O) groups excluding carboxylic acids is 2. The van der Waals surface area contributed by atoms with Crippen LogP contribution in [0.5, 0.6) is 5.75 Å². The summed E-state index contributed by atoms with van der Waals surface area (Å²) in [6.07, 6.45) is -0.722. The Kier molecular flexibility index (Phi) is 8.99. The average molecular weight is 513 g/mol. The molecule has 0 aliphatic rings. The summed E-state index contributed by atoms with van der Waals surface area (Å²) < 4.78 is 10.6. The predicted octanol–water partition coefficient (Wildman–Crippen LogP) is 4.12. The molecule has 0 saturated carbocycles. The van der Waals surface area contributed by atoms with Crippen LogP contribution in [0.25, 0.3) is 0 Å². The van der Waals surface area contributed by atoms with Gasteiger partial charge in [-0.2, -0.15) is 0 Å². The second-order valence-corrected chi connectivity index (χ2v) is 9.09. The normalized spacial score (nSPS) is 11.3. The summed E-state index contributed by atoms with van der Waals surface area (Å²) in [4.78, 5) is 35.4. The number of ether oxygens (including phenoxy) is 2. The van der Waals surface area contributed by atoms with Crippen molar-refractivity contribution in [2.45, 2.75) is 23.3 Å². The third kappa shape index (κ3) is 8.06. The molecule has 1 atom stereocenters. The molecule has 0 unspecified atom stereocenters. The van der Waals surface area contributed by atoms with Crippen LogP contribution in [0.15, 0.2) is 84.9 Å². The third-order valence-corrected chi connectivity index (χ3v) is 6.77. The van der Waals surface area contributed by atoms with Crippen molar-refractivity contribution in [2.75, 3.05) is 0 Å². The molecule has 1 N–H and O–H groups in total. The van der Waals surface area contributed by atoms with E-state index in [0.717, 1.165) is 16.4 Å². The summed E-state index contributed by atoms with van der Waals surface area (Å²) in [7, 11) is 0. The van der Waals surface area contributed by atoms with Gasteiger partial charge in [-0.15, -0.1) is 0 Å². The summed E-state index contributed by atoms with van der Waals surface area (Å²) in [5, 5.41) is 14.6. The molecular formula is C24H22N2O6Se. The topological polar surface area (TPSA) is 108 Å². The molecule has 0 saturated heterocycles. The molecule has 170 valence electrons. The van der Waals surface area contributed by atoms with Crippen LogP contribution in [0, 0.1) is 10.1 Å². The van der Waals surface area contributed by atoms with E-state index in [0.29, 0.717) is 5.32 Å². The fourth-order valence-corrected chi connectivity index (χ4v) is 4.87. The van der Waals surface area contributed by atoms with Gasteiger partial charge in [-0.25, -0.2) is 0 Å². The van der Waals surface area contributed by atoms with E-state index in [1.807, 2.05) is 60.7 Å². The summed E-state index contributed by atoms with van der Waals surface area (Å²) in [6.45, 7) is 0.0753. The van der Waals surface area contributed by atoms with Crippen molar-refractivity contribution in [1.82, 2.24) is 5.32 Å². The van der Waals surface area contributed by atoms with Crippen LogP contribution in [0.2, 0.25) is 5.32 Å². The standard InChI is InChI=1S/C24H22N2O6Se/c27-23(32-21-13-11-20(12-14-21)26(29)30)22(17-33-16-19-9-5-2-6-10-19)25-24(28)31-15-18-7-3-1-4-8-18/h1-14,22H,15-17H2,(H,25,28)/t22-/m1/s1. The fourth-order valence-electron chi connectivity index (χ4n) is 2.77. The van der Waals surface area contributed by atoms with Gasteiger partial charge in [-0.05, 0) is 0 Å². The van der Waals surface area contributed by atoms with Crippen LogP contribution in [0.1, 0.15) is 11.1 Å². The van der Waals surface area contributed by atoms with Gasteiger partial charge in [0.05, 0.1) is 0 Å². The first-order valence-corrected chi connectivity index (χ1v) is 12.5. The van der Waals surface area contributed by atoms with Crippen LogP contribution in [0.4, 0.5) is 10.5 Å². The van der Waals surface area contributed by atoms with Gasteiger partial charge in [-0.1, -0.05) is 0 Å². The molecule has 0 spiro atoms. The minimum atomic E-state index is -0.910. The minimum absolute atomic E-state index is 0.00717. The fraction of sp³-hybridized carbons (Fsp3) is 0.167. The monoisotopic (exact) mass is 514 g/mol. The van der Waals surface area contributed by atoms with E-state index in [9.17, 15) is 19.7 Å². The number of non-ortho nitro benzene ring substituents is 1. The van der Waals surface area contributed by atoms with Crippen molar-refractivity contribution in [1.29, 1.82) is 0 Å². The maximum atomic E-state index is 12.8. The van der Waals surface area contributed by atoms with E-state index in [2.05, 4.69) is 5.32 Å². The van der Waals surface area contributed by atoms with Crippen LogP contribution >= 0.6 is 0 Å². The van der Waals surface area contributed by atoms with Gasteiger partial charge in [0, 0.05) is 0 Å². The van der Waals surface area contributed by atoms with Gasteiger partial charge < -0.3 is 0 Å². The summed E-state index contributed by atoms with van der Waals surface area (Å²) in [5.74, 6) is -0.499. The second kappa shape index (κ2) is 12.4. The molecule has 3 aromatic rings. The molecule has 33 heavy (non-hydrogen) atoms. The summed E-state index contributed by atoms with van der Waals surface area (Å²) in [5.41, 5.74) is 1.86. The predicted molar refractivity (Wildman–Crippen MR) is 123 cm³/mol. The molecule has 0 aliphatic heterocycles. The maximum absolute atomic E-state index is 12.8. The zero-order valence-corrected chi connectivity index (χ0v) is 19.3. The van der Waals surface area contributed by atoms with E-state index < -0.39 is 23.0 Å². The van der Waals surface area contributed by atoms with Crippen molar-refractivity contribution < 1.29 is 24.0 Å². The quantitative estimate of drug-likeness (QED) is 0.144. The number of nitrogens with one attached hydrogen (secondary N) is 1. The number of nitro groups is 1. The number of nitro benzene ring substituents is 1. The molecule has 3 aromatic carbocycles. The Bertz CT molecular complexity index is 1060. The molecular weight excluding hydrogens is 491 g/mol. The Morgan fingerprint density at radius 3 is 2.12 bits per heavy atom. The van der Waals surface area contributed by atoms with Gasteiger partial charge >= 0.3 is 197 Å². The molecule has 0 heterocycles. The molecule has 1 amide bonds. The van der Waals surface area contributed by atoms with Crippen LogP contribution in [-0.2, 0) is 21.5 Å². The number of alkyl carbamates (subject to hydrolysis) is 1. The van der Waals surface area contributed by atoms with Crippen molar-refractivity contribution in [3.8, 4) is 5.75 Å². The molecule has 0 bridgehead atoms. The van der Waals surface area contributed by atoms with Crippen molar-refractivity contribution in [3.63, 3.8) is 0 Å². The first kappa shape index (κ1) is 24.0. The first-order chi connectivity index (χ1) is 16.0. The third-order valence-electron chi connectivity index (χ3n) is 4.45. The van der Waals surface area contributed by atoms with Crippen molar-refractivity contribution in [2.24, 2.45) is 0 Å². The van der Waals surface area contributed by atoms with Gasteiger partial charge in [-0.3, -0.25) is 0 Å². The van der Waals surface area contributed by atoms with Crippen molar-refractivity contribution in [3.05, 3.63) is 106 Å². The second-order valence-electron chi connectivity index (χ2n) is 6.93. The SMILES string of the molecule is O=C(N[C@H](C[Se]Cc1ccccc1)C(=O)Oc1ccc([N+](=O)[O-])cc1)OCc1ccccc1. The molecule has 9 heteroatoms. The van der Waals surface area contributed by atoms with Gasteiger partial charge in [0.25, 0.3) is 0 Å². The zero-order valence-electron chi connectivity index (χ0n) is 17.6. The first-order valence-electron chi connectivity index (χ1n) is 10.1. The van der Waals surface area contributed by atoms with Gasteiger partial charge in [0.1, 0.15) is 0 Å². The van der Waals surface area contributed by atoms with E-state index in [-0.39, 0.29) is 33.0 Å². The van der Waals surface area contributed by atoms with Crippen LogP contribution < -0.4 is 10.1 Å². The number of nitrogens with zero attached hydrogens (tertiary/aromatic N) is 1. The zero-order chi connectivity index (χ0) is 23.5. The molecule has 3 rings (SSSR count). The Morgan fingerprint density at radius 2 is 1.52 bits per heavy atom. The number of benzene rings is 3. The molecule has 0 aliphatic carbocycles. The summed E-state index contributed by atoms with van der Waals surface area (Å²) in [6, 6.07) is 23.3. The molecule has 8 nitrogen and oxygen atoms in total. The average Bonchev–Trinajstić information content (AvgIpc) is 2.84. The van der Waals surface area contributed by atoms with Crippen LogP contribution in [0.3, 0.4) is 0 Å². The number of rotatable bonds is 10. The number of esters is 1. The number of carbonyl (C=O) groups is 2. The van der Waals surface area contributed by atoms with Crippen molar-refractivity contribution >= 4 is 32.7 Å². The van der Waals surface area contributed by atoms with E-state index >= 15 is 0 Å².